The van der Waals surface area contributed by atoms with Gasteiger partial charge in [0.05, 0.1) is 16.8 Å². The molecule has 238 valence electrons. The molecule has 2 N–H and O–H groups in total. The van der Waals surface area contributed by atoms with Crippen molar-refractivity contribution in [3.63, 3.8) is 0 Å². The van der Waals surface area contributed by atoms with Gasteiger partial charge in [0.15, 0.2) is 0 Å². The fourth-order valence-corrected chi connectivity index (χ4v) is 4.22. The van der Waals surface area contributed by atoms with Crippen molar-refractivity contribution in [1.29, 1.82) is 0 Å². The van der Waals surface area contributed by atoms with Crippen molar-refractivity contribution in [3.05, 3.63) is 94.5 Å². The van der Waals surface area contributed by atoms with Gasteiger partial charge in [-0.3, -0.25) is 4.98 Å². The summed E-state index contributed by atoms with van der Waals surface area (Å²) in [6.45, 7) is 3.54. The first-order chi connectivity index (χ1) is 20.5. The fraction of sp³-hybridized carbons (Fsp3) is 0.345. The van der Waals surface area contributed by atoms with Crippen molar-refractivity contribution in [3.8, 4) is 5.75 Å². The lowest BCUT2D eigenvalue weighted by molar-refractivity contribution is -0.253. The van der Waals surface area contributed by atoms with E-state index >= 15 is 0 Å². The van der Waals surface area contributed by atoms with E-state index in [0.717, 1.165) is 25.3 Å². The van der Waals surface area contributed by atoms with Gasteiger partial charge in [0.25, 0.3) is 0 Å². The highest BCUT2D eigenvalue weighted by atomic mass is 35.5. The van der Waals surface area contributed by atoms with Gasteiger partial charge in [-0.15, -0.1) is 0 Å². The molecule has 0 aliphatic heterocycles. The molecule has 1 heterocycles. The second kappa shape index (κ2) is 13.7. The number of alkyl halides is 6. The van der Waals surface area contributed by atoms with Crippen LogP contribution in [-0.2, 0) is 21.5 Å². The molecule has 2 amide bonds. The number of nitrogens with zero attached hydrogens (tertiary/aromatic N) is 1. The number of rotatable bonds is 12. The summed E-state index contributed by atoms with van der Waals surface area (Å²) in [6, 6.07) is 9.22. The minimum absolute atomic E-state index is 0.0864. The number of urea groups is 1. The summed E-state index contributed by atoms with van der Waals surface area (Å²) in [7, 11) is 0. The molecule has 0 saturated carbocycles. The van der Waals surface area contributed by atoms with Crippen molar-refractivity contribution in [1.82, 2.24) is 15.6 Å². The van der Waals surface area contributed by atoms with Crippen molar-refractivity contribution < 1.29 is 49.8 Å². The molecule has 0 fully saturated rings. The second-order valence-electron chi connectivity index (χ2n) is 9.97. The van der Waals surface area contributed by atoms with Gasteiger partial charge >= 0.3 is 30.5 Å². The summed E-state index contributed by atoms with van der Waals surface area (Å²) in [6.07, 6.45) is -9.32. The van der Waals surface area contributed by atoms with Gasteiger partial charge in [-0.1, -0.05) is 41.9 Å². The summed E-state index contributed by atoms with van der Waals surface area (Å²) >= 11 is 5.99. The molecule has 15 heteroatoms. The van der Waals surface area contributed by atoms with Gasteiger partial charge in [0, 0.05) is 18.7 Å². The number of benzene rings is 2. The molecule has 0 radical (unpaired) electrons. The Morgan fingerprint density at radius 2 is 1.64 bits per heavy atom. The Balaban J connectivity index is 2.17. The van der Waals surface area contributed by atoms with Crippen molar-refractivity contribution in [2.24, 2.45) is 0 Å². The Kier molecular flexibility index (Phi) is 10.7. The van der Waals surface area contributed by atoms with Crippen LogP contribution in [-0.4, -0.2) is 47.6 Å². The van der Waals surface area contributed by atoms with E-state index in [1.807, 2.05) is 5.32 Å². The molecular weight excluding hydrogens is 623 g/mol. The highest BCUT2D eigenvalue weighted by molar-refractivity contribution is 6.30. The van der Waals surface area contributed by atoms with Crippen LogP contribution in [0.15, 0.2) is 66.9 Å². The zero-order chi connectivity index (χ0) is 32.9. The van der Waals surface area contributed by atoms with Crippen LogP contribution in [0.2, 0.25) is 5.02 Å². The third-order valence-corrected chi connectivity index (χ3v) is 6.41. The Bertz CT molecular complexity index is 1450. The number of aromatic nitrogens is 1. The van der Waals surface area contributed by atoms with Gasteiger partial charge < -0.3 is 20.1 Å². The highest BCUT2D eigenvalue weighted by Crippen LogP contribution is 2.37. The summed E-state index contributed by atoms with van der Waals surface area (Å²) in [5.41, 5.74) is -2.03. The topological polar surface area (TPSA) is 89.5 Å². The van der Waals surface area contributed by atoms with E-state index < -0.39 is 59.7 Å². The van der Waals surface area contributed by atoms with Gasteiger partial charge in [0.1, 0.15) is 23.1 Å². The van der Waals surface area contributed by atoms with Crippen LogP contribution in [0.25, 0.3) is 0 Å². The maximum Gasteiger partial charge on any atom is 0.461 e. The molecule has 0 aliphatic carbocycles. The molecule has 0 saturated heterocycles. The number of nitrogens with one attached hydrogen (secondary N) is 2. The summed E-state index contributed by atoms with van der Waals surface area (Å²) in [5, 5.41) is 4.53. The lowest BCUT2D eigenvalue weighted by atomic mass is 9.80. The van der Waals surface area contributed by atoms with Gasteiger partial charge in [-0.25, -0.2) is 14.0 Å². The zero-order valence-electron chi connectivity index (χ0n) is 23.4. The van der Waals surface area contributed by atoms with E-state index in [1.54, 1.807) is 30.3 Å². The molecule has 0 bridgehead atoms. The Labute approximate surface area is 252 Å². The number of carbonyl (C=O) groups is 2. The third kappa shape index (κ3) is 8.30. The van der Waals surface area contributed by atoms with E-state index in [0.29, 0.717) is 11.6 Å². The maximum atomic E-state index is 14.9. The largest absolute Gasteiger partial charge is 0.461 e. The van der Waals surface area contributed by atoms with Crippen LogP contribution in [0.1, 0.15) is 37.6 Å². The number of hydrogen-bond acceptors (Lipinski definition) is 5. The molecule has 3 aromatic rings. The molecule has 2 aromatic carbocycles. The predicted octanol–water partition coefficient (Wildman–Crippen LogP) is 6.87. The monoisotopic (exact) mass is 649 g/mol. The van der Waals surface area contributed by atoms with E-state index in [1.165, 1.54) is 26.0 Å². The van der Waals surface area contributed by atoms with Crippen LogP contribution in [0.4, 0.5) is 35.5 Å². The summed E-state index contributed by atoms with van der Waals surface area (Å²) in [4.78, 5) is 29.5. The smallest absolute Gasteiger partial charge is 0.458 e. The first-order valence-electron chi connectivity index (χ1n) is 13.0. The number of ether oxygens (including phenoxy) is 2. The molecule has 0 spiro atoms. The Hall–Kier alpha value is -4.07. The Morgan fingerprint density at radius 3 is 2.20 bits per heavy atom. The van der Waals surface area contributed by atoms with Crippen LogP contribution in [0, 0.1) is 5.82 Å². The van der Waals surface area contributed by atoms with Crippen LogP contribution in [0.5, 0.6) is 5.75 Å². The number of esters is 1. The molecule has 2 atom stereocenters. The minimum atomic E-state index is -5.01. The summed E-state index contributed by atoms with van der Waals surface area (Å²) < 4.78 is 107. The average molecular weight is 650 g/mol. The molecular formula is C29H27ClF7N3O4. The Morgan fingerprint density at radius 1 is 0.977 bits per heavy atom. The molecule has 3 rings (SSSR count). The van der Waals surface area contributed by atoms with Crippen molar-refractivity contribution in [2.45, 2.75) is 63.3 Å². The molecule has 0 aliphatic rings. The quantitative estimate of drug-likeness (QED) is 0.165. The number of amides is 2. The SMILES string of the molecule is CC(C)OC(=O)C(F)(F)C(C)NC(=O)N[C@@](Cc1ccccc1)(c1cc(F)cc(OC(F)(F)C(F)F)c1)c1ccc(Cl)cn1. The molecule has 44 heavy (non-hydrogen) atoms. The third-order valence-electron chi connectivity index (χ3n) is 6.18. The lowest BCUT2D eigenvalue weighted by Gasteiger charge is -2.36. The van der Waals surface area contributed by atoms with E-state index in [2.05, 4.69) is 19.8 Å². The van der Waals surface area contributed by atoms with Crippen molar-refractivity contribution >= 4 is 23.6 Å². The van der Waals surface area contributed by atoms with Crippen LogP contribution < -0.4 is 15.4 Å². The number of halogens is 8. The molecule has 1 unspecified atom stereocenters. The first kappa shape index (κ1) is 34.4. The van der Waals surface area contributed by atoms with E-state index in [4.69, 9.17) is 11.6 Å². The fourth-order valence-electron chi connectivity index (χ4n) is 4.11. The lowest BCUT2D eigenvalue weighted by Crippen LogP contribution is -2.58. The molecule has 1 aromatic heterocycles. The first-order valence-corrected chi connectivity index (χ1v) is 13.3. The van der Waals surface area contributed by atoms with Gasteiger partial charge in [0.2, 0.25) is 0 Å². The van der Waals surface area contributed by atoms with Crippen molar-refractivity contribution in [2.75, 3.05) is 0 Å². The van der Waals surface area contributed by atoms with Gasteiger partial charge in [-0.2, -0.15) is 26.3 Å². The van der Waals surface area contributed by atoms with E-state index in [-0.39, 0.29) is 22.7 Å². The number of carbonyl (C=O) groups excluding carboxylic acids is 2. The maximum absolute atomic E-state index is 14.9. The van der Waals surface area contributed by atoms with Gasteiger partial charge in [-0.05, 0) is 56.2 Å². The number of pyridine rings is 1. The standard InChI is InChI=1S/C29H27ClF7N3O4/c1-16(2)43-25(41)28(34,35)17(3)39-26(42)40-27(14-18-7-5-4-6-8-18,23-10-9-20(30)15-38-23)19-11-21(31)13-22(12-19)44-29(36,37)24(32)33/h4-13,15-17,24H,14H2,1-3H3,(H2,39,40,42)/t17?,27-/m0/s1. The van der Waals surface area contributed by atoms with Crippen LogP contribution in [0.3, 0.4) is 0 Å². The zero-order valence-corrected chi connectivity index (χ0v) is 24.1. The van der Waals surface area contributed by atoms with Crippen LogP contribution >= 0.6 is 11.6 Å². The highest BCUT2D eigenvalue weighted by Gasteiger charge is 2.49. The normalized spacial score (nSPS) is 14.1. The molecule has 7 nitrogen and oxygen atoms in total. The number of hydrogen-bond donors (Lipinski definition) is 2. The minimum Gasteiger partial charge on any atom is -0.458 e. The second-order valence-corrected chi connectivity index (χ2v) is 10.4. The average Bonchev–Trinajstić information content (AvgIpc) is 2.92. The summed E-state index contributed by atoms with van der Waals surface area (Å²) in [5.74, 6) is -8.35. The predicted molar refractivity (Wildman–Crippen MR) is 145 cm³/mol. The van der Waals surface area contributed by atoms with E-state index in [9.17, 15) is 40.3 Å².